The van der Waals surface area contributed by atoms with Gasteiger partial charge >= 0.3 is 24.1 Å². The smallest absolute Gasteiger partial charge is 0.407 e. The molecule has 17 nitrogen and oxygen atoms in total. The van der Waals surface area contributed by atoms with E-state index in [0.29, 0.717) is 29.6 Å². The molecule has 45 heavy (non-hydrogen) atoms. The van der Waals surface area contributed by atoms with Crippen LogP contribution in [0.1, 0.15) is 56.8 Å². The van der Waals surface area contributed by atoms with Gasteiger partial charge in [0.05, 0.1) is 31.3 Å². The number of hydrogen-bond donors (Lipinski definition) is 6. The van der Waals surface area contributed by atoms with Gasteiger partial charge in [-0.3, -0.25) is 9.79 Å². The molecule has 0 spiro atoms. The number of sulfonamides is 1. The molecule has 1 aromatic carbocycles. The summed E-state index contributed by atoms with van der Waals surface area (Å²) >= 11 is 0. The number of nitrogens with one attached hydrogen (secondary N) is 4. The number of nitrogens with two attached hydrogens (primary N) is 2. The third-order valence-electron chi connectivity index (χ3n) is 6.27. The third kappa shape index (κ3) is 13.2. The normalized spacial score (nSPS) is 15.0. The maximum absolute atomic E-state index is 13.3. The van der Waals surface area contributed by atoms with E-state index in [2.05, 4.69) is 26.3 Å². The molecule has 0 aliphatic carbocycles. The first-order valence-corrected chi connectivity index (χ1v) is 16.1. The van der Waals surface area contributed by atoms with Crippen LogP contribution >= 0.6 is 0 Å². The van der Waals surface area contributed by atoms with Crippen LogP contribution in [-0.2, 0) is 24.3 Å². The number of guanidine groups is 1. The Morgan fingerprint density at radius 3 is 2.44 bits per heavy atom. The van der Waals surface area contributed by atoms with Gasteiger partial charge in [-0.2, -0.15) is 4.31 Å². The molecular weight excluding hydrogens is 612 g/mol. The maximum Gasteiger partial charge on any atom is 0.407 e. The maximum atomic E-state index is 13.3. The molecule has 0 aromatic heterocycles. The number of carbonyl (C=O) groups excluding carboxylic acids is 4. The van der Waals surface area contributed by atoms with Gasteiger partial charge in [-0.05, 0) is 51.0 Å². The zero-order valence-electron chi connectivity index (χ0n) is 25.7. The Balaban J connectivity index is 1.97. The van der Waals surface area contributed by atoms with E-state index in [0.717, 1.165) is 38.8 Å². The van der Waals surface area contributed by atoms with Crippen molar-refractivity contribution in [2.75, 3.05) is 39.4 Å². The van der Waals surface area contributed by atoms with Gasteiger partial charge in [-0.15, -0.1) is 0 Å². The van der Waals surface area contributed by atoms with Gasteiger partial charge in [0, 0.05) is 25.7 Å². The topological polar surface area (TPSA) is 246 Å². The van der Waals surface area contributed by atoms with Gasteiger partial charge in [0.15, 0.2) is 5.96 Å². The lowest BCUT2D eigenvalue weighted by Gasteiger charge is -2.32. The van der Waals surface area contributed by atoms with Crippen LogP contribution in [0.25, 0.3) is 0 Å². The Kier molecular flexibility index (Phi) is 15.3. The van der Waals surface area contributed by atoms with Crippen molar-refractivity contribution in [1.29, 1.82) is 0 Å². The number of benzene rings is 1. The molecule has 18 heteroatoms. The lowest BCUT2D eigenvalue weighted by molar-refractivity contribution is -0.138. The van der Waals surface area contributed by atoms with Gasteiger partial charge in [0.2, 0.25) is 10.0 Å². The fourth-order valence-corrected chi connectivity index (χ4v) is 5.48. The molecule has 1 aliphatic heterocycles. The number of hydrogen-bond acceptors (Lipinski definition) is 13. The van der Waals surface area contributed by atoms with Crippen molar-refractivity contribution in [3.63, 3.8) is 0 Å². The second kappa shape index (κ2) is 18.6. The zero-order chi connectivity index (χ0) is 33.4. The van der Waals surface area contributed by atoms with E-state index in [1.54, 1.807) is 0 Å². The number of carbonyl (C=O) groups is 4. The molecular formula is C27H44N8O9S. The second-order valence-corrected chi connectivity index (χ2v) is 12.3. The molecule has 3 amide bonds. The van der Waals surface area contributed by atoms with E-state index < -0.39 is 64.6 Å². The van der Waals surface area contributed by atoms with Crippen LogP contribution in [0.4, 0.5) is 9.59 Å². The summed E-state index contributed by atoms with van der Waals surface area (Å²) in [5, 5.41) is 9.28. The third-order valence-corrected chi connectivity index (χ3v) is 8.36. The van der Waals surface area contributed by atoms with Crippen LogP contribution in [0.3, 0.4) is 0 Å². The van der Waals surface area contributed by atoms with Crippen LogP contribution in [-0.4, -0.2) is 99.7 Å². The Morgan fingerprint density at radius 2 is 1.82 bits per heavy atom. The molecule has 0 saturated heterocycles. The number of unbranched alkanes of at least 4 members (excludes halogenated alkanes) is 1. The van der Waals surface area contributed by atoms with Crippen LogP contribution in [0.5, 0.6) is 5.75 Å². The van der Waals surface area contributed by atoms with Crippen molar-refractivity contribution in [3.05, 3.63) is 29.8 Å². The molecule has 1 aromatic rings. The van der Waals surface area contributed by atoms with E-state index >= 15 is 0 Å². The van der Waals surface area contributed by atoms with Crippen molar-refractivity contribution in [2.45, 2.75) is 64.0 Å². The average Bonchev–Trinajstić information content (AvgIpc) is 2.98. The zero-order valence-corrected chi connectivity index (χ0v) is 26.6. The standard InChI is InChI=1S/C27H44N8O9S/c1-4-5-14-43-27(39)33-18(2)17-35(45(40,41)19(3)34-25(29)38)22(28)16-23(36)44-24(37)20-7-9-21(10-8-20)42-15-13-32-26-30-11-6-12-31-26/h7-10,18-19,22H,4-6,11-17,28H2,1-3H3,(H,33,39)(H3,29,34,38)(H2,30,31,32)/t18?,19?,22-/m0/s1. The summed E-state index contributed by atoms with van der Waals surface area (Å²) in [7, 11) is -4.41. The minimum Gasteiger partial charge on any atom is -0.492 e. The number of aliphatic imine (C=N–C) groups is 1. The quantitative estimate of drug-likeness (QED) is 0.0558. The number of urea groups is 1. The van der Waals surface area contributed by atoms with Crippen molar-refractivity contribution >= 4 is 40.0 Å². The summed E-state index contributed by atoms with van der Waals surface area (Å²) in [5.74, 6) is -0.881. The Hall–Kier alpha value is -4.16. The molecule has 2 unspecified atom stereocenters. The monoisotopic (exact) mass is 656 g/mol. The predicted molar refractivity (Wildman–Crippen MR) is 165 cm³/mol. The lowest BCUT2D eigenvalue weighted by atomic mass is 10.2. The van der Waals surface area contributed by atoms with E-state index in [-0.39, 0.29) is 12.2 Å². The van der Waals surface area contributed by atoms with Crippen LogP contribution in [0, 0.1) is 0 Å². The SMILES string of the molecule is CCCCOC(=O)NC(C)CN([C@H](N)CC(=O)OC(=O)c1ccc(OCCNC2=NCCCN2)cc1)S(=O)(=O)C(C)NC(N)=O. The highest BCUT2D eigenvalue weighted by atomic mass is 32.2. The summed E-state index contributed by atoms with van der Waals surface area (Å²) in [4.78, 5) is 52.9. The van der Waals surface area contributed by atoms with Crippen molar-refractivity contribution < 1.29 is 41.8 Å². The summed E-state index contributed by atoms with van der Waals surface area (Å²) in [6.07, 6.45) is -0.590. The van der Waals surface area contributed by atoms with Crippen molar-refractivity contribution in [1.82, 2.24) is 25.6 Å². The van der Waals surface area contributed by atoms with Gasteiger partial charge in [-0.1, -0.05) is 13.3 Å². The fourth-order valence-electron chi connectivity index (χ4n) is 3.93. The molecule has 1 heterocycles. The molecule has 0 saturated carbocycles. The highest BCUT2D eigenvalue weighted by molar-refractivity contribution is 7.89. The van der Waals surface area contributed by atoms with Crippen molar-refractivity contribution in [3.8, 4) is 5.75 Å². The molecule has 0 bridgehead atoms. The number of rotatable bonds is 17. The molecule has 0 radical (unpaired) electrons. The minimum atomic E-state index is -4.41. The van der Waals surface area contributed by atoms with E-state index in [4.69, 9.17) is 25.7 Å². The van der Waals surface area contributed by atoms with Crippen LogP contribution < -0.4 is 37.5 Å². The summed E-state index contributed by atoms with van der Waals surface area (Å²) in [6.45, 7) is 6.82. The highest BCUT2D eigenvalue weighted by Gasteiger charge is 2.36. The summed E-state index contributed by atoms with van der Waals surface area (Å²) in [6, 6.07) is 3.96. The van der Waals surface area contributed by atoms with Gasteiger partial charge < -0.3 is 46.9 Å². The Bertz CT molecular complexity index is 1280. The molecule has 0 fully saturated rings. The first kappa shape index (κ1) is 37.0. The van der Waals surface area contributed by atoms with Crippen molar-refractivity contribution in [2.24, 2.45) is 16.5 Å². The highest BCUT2D eigenvalue weighted by Crippen LogP contribution is 2.16. The number of amides is 3. The minimum absolute atomic E-state index is 0.0475. The summed E-state index contributed by atoms with van der Waals surface area (Å²) < 4.78 is 42.8. The van der Waals surface area contributed by atoms with E-state index in [9.17, 15) is 27.6 Å². The number of ether oxygens (including phenoxy) is 3. The van der Waals surface area contributed by atoms with Crippen LogP contribution in [0.2, 0.25) is 0 Å². The van der Waals surface area contributed by atoms with E-state index in [1.807, 2.05) is 6.92 Å². The van der Waals surface area contributed by atoms with Gasteiger partial charge in [0.1, 0.15) is 17.7 Å². The van der Waals surface area contributed by atoms with Gasteiger partial charge in [-0.25, -0.2) is 22.8 Å². The molecule has 252 valence electrons. The fraction of sp³-hybridized carbons (Fsp3) is 0.593. The Labute approximate surface area is 262 Å². The number of esters is 2. The average molecular weight is 657 g/mol. The van der Waals surface area contributed by atoms with E-state index in [1.165, 1.54) is 31.2 Å². The number of alkyl carbamates (subject to hydrolysis) is 1. The molecule has 2 rings (SSSR count). The molecule has 1 aliphatic rings. The molecule has 3 atom stereocenters. The van der Waals surface area contributed by atoms with Gasteiger partial charge in [0.25, 0.3) is 0 Å². The number of primary amides is 1. The summed E-state index contributed by atoms with van der Waals surface area (Å²) in [5.41, 5.74) is 11.2. The van der Waals surface area contributed by atoms with Crippen LogP contribution in [0.15, 0.2) is 29.3 Å². The first-order chi connectivity index (χ1) is 21.3. The first-order valence-electron chi connectivity index (χ1n) is 14.6. The Morgan fingerprint density at radius 1 is 1.11 bits per heavy atom. The molecule has 8 N–H and O–H groups in total. The largest absolute Gasteiger partial charge is 0.492 e. The number of nitrogens with zero attached hydrogens (tertiary/aromatic N) is 2. The second-order valence-electron chi connectivity index (χ2n) is 10.1. The predicted octanol–water partition coefficient (Wildman–Crippen LogP) is -0.0765. The lowest BCUT2D eigenvalue weighted by Crippen LogP contribution is -2.57.